The van der Waals surface area contributed by atoms with Crippen LogP contribution in [0.4, 0.5) is 5.69 Å². The highest BCUT2D eigenvalue weighted by Gasteiger charge is 2.05. The third-order valence-electron chi connectivity index (χ3n) is 3.36. The van der Waals surface area contributed by atoms with Gasteiger partial charge in [0.05, 0.1) is 0 Å². The van der Waals surface area contributed by atoms with E-state index >= 15 is 0 Å². The van der Waals surface area contributed by atoms with Crippen LogP contribution in [0.2, 0.25) is 0 Å². The van der Waals surface area contributed by atoms with Gasteiger partial charge in [-0.15, -0.1) is 0 Å². The largest absolute Gasteiger partial charge is 0.396 e. The van der Waals surface area contributed by atoms with Crippen LogP contribution in [-0.4, -0.2) is 42.7 Å². The van der Waals surface area contributed by atoms with Crippen LogP contribution in [0.3, 0.4) is 0 Å². The molecular formula is C16H27N3O2. The Morgan fingerprint density at radius 2 is 2.10 bits per heavy atom. The Kier molecular flexibility index (Phi) is 8.66. The summed E-state index contributed by atoms with van der Waals surface area (Å²) < 4.78 is 0. The molecule has 0 saturated heterocycles. The first-order valence-electron chi connectivity index (χ1n) is 7.54. The highest BCUT2D eigenvalue weighted by molar-refractivity contribution is 5.90. The summed E-state index contributed by atoms with van der Waals surface area (Å²) >= 11 is 0. The highest BCUT2D eigenvalue weighted by atomic mass is 16.2. The maximum absolute atomic E-state index is 11.9. The summed E-state index contributed by atoms with van der Waals surface area (Å²) in [7, 11) is 2.02. The van der Waals surface area contributed by atoms with Crippen LogP contribution in [-0.2, 0) is 11.3 Å². The van der Waals surface area contributed by atoms with Gasteiger partial charge in [0.15, 0.2) is 0 Å². The summed E-state index contributed by atoms with van der Waals surface area (Å²) in [5.41, 5.74) is 7.39. The van der Waals surface area contributed by atoms with Gasteiger partial charge in [0.1, 0.15) is 0 Å². The second-order valence-corrected chi connectivity index (χ2v) is 5.29. The lowest BCUT2D eigenvalue weighted by molar-refractivity contribution is -0.116. The zero-order valence-electron chi connectivity index (χ0n) is 12.8. The number of amides is 1. The fourth-order valence-electron chi connectivity index (χ4n) is 2.07. The number of benzene rings is 1. The van der Waals surface area contributed by atoms with E-state index in [1.54, 1.807) is 0 Å². The standard InChI is InChI=1S/C16H27N3O2/c1-19(9-3-2-4-11-20)10-8-16(21)18-15-7-5-6-14(12-15)13-17/h5-7,12,20H,2-4,8-11,13,17H2,1H3,(H,18,21). The third-order valence-corrected chi connectivity index (χ3v) is 3.36. The number of aliphatic hydroxyl groups excluding tert-OH is 1. The molecule has 0 saturated carbocycles. The number of hydrogen-bond donors (Lipinski definition) is 3. The number of carbonyl (C=O) groups is 1. The van der Waals surface area contributed by atoms with Crippen molar-refractivity contribution in [3.63, 3.8) is 0 Å². The molecule has 0 atom stereocenters. The molecule has 0 spiro atoms. The smallest absolute Gasteiger partial charge is 0.225 e. The van der Waals surface area contributed by atoms with Crippen LogP contribution in [0.1, 0.15) is 31.2 Å². The Morgan fingerprint density at radius 3 is 2.81 bits per heavy atom. The molecule has 1 aromatic carbocycles. The number of nitrogens with zero attached hydrogens (tertiary/aromatic N) is 1. The molecule has 0 aromatic heterocycles. The monoisotopic (exact) mass is 293 g/mol. The molecule has 0 fully saturated rings. The zero-order valence-corrected chi connectivity index (χ0v) is 12.8. The van der Waals surface area contributed by atoms with Gasteiger partial charge in [-0.25, -0.2) is 0 Å². The Bertz CT molecular complexity index is 424. The van der Waals surface area contributed by atoms with Crippen molar-refractivity contribution in [2.45, 2.75) is 32.2 Å². The summed E-state index contributed by atoms with van der Waals surface area (Å²) in [6, 6.07) is 7.60. The van der Waals surface area contributed by atoms with Gasteiger partial charge in [0, 0.05) is 31.8 Å². The molecule has 118 valence electrons. The van der Waals surface area contributed by atoms with Crippen LogP contribution in [0.25, 0.3) is 0 Å². The Balaban J connectivity index is 2.23. The summed E-state index contributed by atoms with van der Waals surface area (Å²) in [5.74, 6) is 0.0198. The van der Waals surface area contributed by atoms with Gasteiger partial charge in [-0.3, -0.25) is 4.79 Å². The molecular weight excluding hydrogens is 266 g/mol. The minimum Gasteiger partial charge on any atom is -0.396 e. The van der Waals surface area contributed by atoms with Crippen LogP contribution in [0.5, 0.6) is 0 Å². The molecule has 1 amide bonds. The lowest BCUT2D eigenvalue weighted by atomic mass is 10.2. The SMILES string of the molecule is CN(CCCCCO)CCC(=O)Nc1cccc(CN)c1. The maximum atomic E-state index is 11.9. The number of aliphatic hydroxyl groups is 1. The first-order chi connectivity index (χ1) is 10.2. The quantitative estimate of drug-likeness (QED) is 0.572. The zero-order chi connectivity index (χ0) is 15.5. The van der Waals surface area contributed by atoms with Gasteiger partial charge in [0.25, 0.3) is 0 Å². The topological polar surface area (TPSA) is 78.6 Å². The minimum atomic E-state index is 0.0198. The van der Waals surface area contributed by atoms with Crippen molar-refractivity contribution < 1.29 is 9.90 Å². The van der Waals surface area contributed by atoms with Crippen molar-refractivity contribution >= 4 is 11.6 Å². The Hall–Kier alpha value is -1.43. The minimum absolute atomic E-state index is 0.0198. The summed E-state index contributed by atoms with van der Waals surface area (Å²) in [6.07, 6.45) is 3.41. The number of nitrogens with one attached hydrogen (secondary N) is 1. The summed E-state index contributed by atoms with van der Waals surface area (Å²) in [5, 5.41) is 11.6. The van der Waals surface area contributed by atoms with Crippen molar-refractivity contribution in [3.05, 3.63) is 29.8 Å². The predicted octanol–water partition coefficient (Wildman–Crippen LogP) is 1.57. The molecule has 0 bridgehead atoms. The predicted molar refractivity (Wildman–Crippen MR) is 86.0 cm³/mol. The molecule has 0 aliphatic carbocycles. The van der Waals surface area contributed by atoms with E-state index in [1.807, 2.05) is 31.3 Å². The molecule has 21 heavy (non-hydrogen) atoms. The normalized spacial score (nSPS) is 10.9. The van der Waals surface area contributed by atoms with Crippen molar-refractivity contribution in [3.8, 4) is 0 Å². The molecule has 5 heteroatoms. The molecule has 5 nitrogen and oxygen atoms in total. The van der Waals surface area contributed by atoms with Crippen molar-refractivity contribution in [2.75, 3.05) is 32.1 Å². The van der Waals surface area contributed by atoms with E-state index in [1.165, 1.54) is 0 Å². The van der Waals surface area contributed by atoms with Gasteiger partial charge in [-0.1, -0.05) is 12.1 Å². The van der Waals surface area contributed by atoms with Crippen LogP contribution < -0.4 is 11.1 Å². The molecule has 1 rings (SSSR count). The Morgan fingerprint density at radius 1 is 1.29 bits per heavy atom. The van der Waals surface area contributed by atoms with Crippen molar-refractivity contribution in [1.82, 2.24) is 4.90 Å². The molecule has 0 heterocycles. The third kappa shape index (κ3) is 7.80. The van der Waals surface area contributed by atoms with Crippen molar-refractivity contribution in [2.24, 2.45) is 5.73 Å². The van der Waals surface area contributed by atoms with Gasteiger partial charge in [-0.05, 0) is 50.6 Å². The van der Waals surface area contributed by atoms with E-state index in [-0.39, 0.29) is 12.5 Å². The van der Waals surface area contributed by atoms with E-state index < -0.39 is 0 Å². The molecule has 4 N–H and O–H groups in total. The van der Waals surface area contributed by atoms with E-state index in [0.717, 1.165) is 43.6 Å². The van der Waals surface area contributed by atoms with Crippen LogP contribution in [0, 0.1) is 0 Å². The number of nitrogens with two attached hydrogens (primary N) is 1. The average Bonchev–Trinajstić information content (AvgIpc) is 2.50. The second-order valence-electron chi connectivity index (χ2n) is 5.29. The first-order valence-corrected chi connectivity index (χ1v) is 7.54. The van der Waals surface area contributed by atoms with Crippen LogP contribution >= 0.6 is 0 Å². The summed E-state index contributed by atoms with van der Waals surface area (Å²) in [6.45, 7) is 2.42. The van der Waals surface area contributed by atoms with Gasteiger partial charge < -0.3 is 21.1 Å². The van der Waals surface area contributed by atoms with E-state index in [2.05, 4.69) is 10.2 Å². The number of anilines is 1. The number of rotatable bonds is 10. The molecule has 1 aromatic rings. The fourth-order valence-corrected chi connectivity index (χ4v) is 2.07. The van der Waals surface area contributed by atoms with Gasteiger partial charge >= 0.3 is 0 Å². The summed E-state index contributed by atoms with van der Waals surface area (Å²) in [4.78, 5) is 14.0. The first kappa shape index (κ1) is 17.6. The van der Waals surface area contributed by atoms with E-state index in [4.69, 9.17) is 10.8 Å². The fraction of sp³-hybridized carbons (Fsp3) is 0.562. The lowest BCUT2D eigenvalue weighted by Gasteiger charge is -2.16. The lowest BCUT2D eigenvalue weighted by Crippen LogP contribution is -2.25. The van der Waals surface area contributed by atoms with Crippen molar-refractivity contribution in [1.29, 1.82) is 0 Å². The number of unbranched alkanes of at least 4 members (excludes halogenated alkanes) is 2. The second kappa shape index (κ2) is 10.3. The van der Waals surface area contributed by atoms with E-state index in [0.29, 0.717) is 13.0 Å². The Labute approximate surface area is 127 Å². The van der Waals surface area contributed by atoms with Gasteiger partial charge in [-0.2, -0.15) is 0 Å². The van der Waals surface area contributed by atoms with E-state index in [9.17, 15) is 4.79 Å². The number of hydrogen-bond acceptors (Lipinski definition) is 4. The maximum Gasteiger partial charge on any atom is 0.225 e. The van der Waals surface area contributed by atoms with Gasteiger partial charge in [0.2, 0.25) is 5.91 Å². The molecule has 0 aliphatic heterocycles. The van der Waals surface area contributed by atoms with Crippen LogP contribution in [0.15, 0.2) is 24.3 Å². The molecule has 0 radical (unpaired) electrons. The molecule has 0 unspecified atom stereocenters. The highest BCUT2D eigenvalue weighted by Crippen LogP contribution is 2.10. The molecule has 0 aliphatic rings. The average molecular weight is 293 g/mol. The number of carbonyl (C=O) groups excluding carboxylic acids is 1.